The number of carbonyl (C=O) groups is 2. The molecule has 3 N–H and O–H groups in total. The number of primary amides is 1. The summed E-state index contributed by atoms with van der Waals surface area (Å²) >= 11 is 0. The van der Waals surface area contributed by atoms with E-state index in [1.54, 1.807) is 6.08 Å². The van der Waals surface area contributed by atoms with E-state index in [9.17, 15) is 9.59 Å². The lowest BCUT2D eigenvalue weighted by atomic mass is 10.2. The zero-order valence-corrected chi connectivity index (χ0v) is 16.9. The van der Waals surface area contributed by atoms with Gasteiger partial charge >= 0.3 is 6.09 Å². The van der Waals surface area contributed by atoms with E-state index in [1.807, 2.05) is 44.1 Å². The molecule has 154 valence electrons. The van der Waals surface area contributed by atoms with Crippen LogP contribution in [0.4, 0.5) is 16.3 Å². The minimum Gasteiger partial charge on any atom is -0.444 e. The molecule has 2 amide bonds. The van der Waals surface area contributed by atoms with Gasteiger partial charge in [0.05, 0.1) is 12.1 Å². The second-order valence-electron chi connectivity index (χ2n) is 7.27. The number of hydrogen-bond acceptors (Lipinski definition) is 7. The molecule has 1 aromatic heterocycles. The molecule has 1 saturated heterocycles. The highest BCUT2D eigenvalue weighted by Crippen LogP contribution is 2.29. The zero-order chi connectivity index (χ0) is 21.0. The van der Waals surface area contributed by atoms with Crippen LogP contribution in [0, 0.1) is 6.92 Å². The fraction of sp³-hybridized carbons (Fsp3) is 0.400. The molecule has 0 radical (unpaired) electrons. The third-order valence-corrected chi connectivity index (χ3v) is 4.52. The van der Waals surface area contributed by atoms with Gasteiger partial charge in [-0.3, -0.25) is 4.79 Å². The van der Waals surface area contributed by atoms with Gasteiger partial charge in [0.15, 0.2) is 0 Å². The number of benzene rings is 1. The van der Waals surface area contributed by atoms with Crippen molar-refractivity contribution < 1.29 is 14.3 Å². The molecular formula is C20H26N6O3. The Morgan fingerprint density at radius 3 is 2.90 bits per heavy atom. The average molecular weight is 398 g/mol. The van der Waals surface area contributed by atoms with Crippen molar-refractivity contribution in [3.05, 3.63) is 36.2 Å². The van der Waals surface area contributed by atoms with Crippen molar-refractivity contribution in [2.24, 2.45) is 5.73 Å². The number of aryl methyl sites for hydroxylation is 1. The highest BCUT2D eigenvalue weighted by Gasteiger charge is 2.27. The molecule has 0 spiro atoms. The van der Waals surface area contributed by atoms with Crippen LogP contribution in [0.1, 0.15) is 12.2 Å². The normalized spacial score (nSPS) is 16.7. The predicted octanol–water partition coefficient (Wildman–Crippen LogP) is 1.67. The zero-order valence-electron chi connectivity index (χ0n) is 16.9. The maximum absolute atomic E-state index is 12.1. The Morgan fingerprint density at radius 1 is 1.38 bits per heavy atom. The number of nitrogens with two attached hydrogens (primary N) is 1. The van der Waals surface area contributed by atoms with E-state index in [0.717, 1.165) is 16.7 Å². The second kappa shape index (κ2) is 8.87. The van der Waals surface area contributed by atoms with Crippen molar-refractivity contribution in [1.29, 1.82) is 0 Å². The molecule has 1 fully saturated rings. The topological polar surface area (TPSA) is 114 Å². The van der Waals surface area contributed by atoms with Crippen LogP contribution in [0.15, 0.2) is 30.4 Å². The van der Waals surface area contributed by atoms with Gasteiger partial charge in [0.2, 0.25) is 5.91 Å². The summed E-state index contributed by atoms with van der Waals surface area (Å²) < 4.78 is 5.11. The quantitative estimate of drug-likeness (QED) is 0.712. The molecule has 1 aliphatic heterocycles. The standard InChI is InChI=1S/C20H26N6O3/c1-13-22-17-11-14(24-18(27)5-4-9-25(2)3)6-7-16(17)19(23-13)26-10-8-15(12-26)29-20(21)28/h4-7,11,15H,8-10,12H2,1-3H3,(H2,21,28)(H,24,27). The van der Waals surface area contributed by atoms with Crippen LogP contribution < -0.4 is 16.0 Å². The van der Waals surface area contributed by atoms with Crippen molar-refractivity contribution in [2.45, 2.75) is 19.4 Å². The number of ether oxygens (including phenoxy) is 1. The maximum atomic E-state index is 12.1. The van der Waals surface area contributed by atoms with Crippen molar-refractivity contribution in [3.63, 3.8) is 0 Å². The molecule has 9 heteroatoms. The van der Waals surface area contributed by atoms with E-state index in [4.69, 9.17) is 10.5 Å². The van der Waals surface area contributed by atoms with Gasteiger partial charge in [-0.1, -0.05) is 6.08 Å². The smallest absolute Gasteiger partial charge is 0.404 e. The van der Waals surface area contributed by atoms with Gasteiger partial charge in [0.25, 0.3) is 0 Å². The summed E-state index contributed by atoms with van der Waals surface area (Å²) in [5.74, 6) is 1.22. The van der Waals surface area contributed by atoms with Crippen LogP contribution >= 0.6 is 0 Å². The Kier molecular flexibility index (Phi) is 6.28. The van der Waals surface area contributed by atoms with Gasteiger partial charge in [-0.15, -0.1) is 0 Å². The lowest BCUT2D eigenvalue weighted by molar-refractivity contribution is -0.111. The van der Waals surface area contributed by atoms with Gasteiger partial charge in [-0.2, -0.15) is 0 Å². The Hall–Kier alpha value is -3.20. The van der Waals surface area contributed by atoms with Crippen LogP contribution in [-0.4, -0.2) is 66.7 Å². The van der Waals surface area contributed by atoms with Crippen molar-refractivity contribution in [2.75, 3.05) is 43.9 Å². The number of fused-ring (bicyclic) bond motifs is 1. The predicted molar refractivity (Wildman–Crippen MR) is 112 cm³/mol. The largest absolute Gasteiger partial charge is 0.444 e. The summed E-state index contributed by atoms with van der Waals surface area (Å²) in [5, 5.41) is 3.73. The van der Waals surface area contributed by atoms with Crippen molar-refractivity contribution in [1.82, 2.24) is 14.9 Å². The molecule has 0 bridgehead atoms. The van der Waals surface area contributed by atoms with Crippen molar-refractivity contribution in [3.8, 4) is 0 Å². The van der Waals surface area contributed by atoms with E-state index < -0.39 is 6.09 Å². The van der Waals surface area contributed by atoms with Crippen LogP contribution in [-0.2, 0) is 9.53 Å². The Labute approximate surface area is 169 Å². The van der Waals surface area contributed by atoms with Crippen LogP contribution in [0.3, 0.4) is 0 Å². The van der Waals surface area contributed by atoms with Crippen LogP contribution in [0.2, 0.25) is 0 Å². The Bertz CT molecular complexity index is 943. The summed E-state index contributed by atoms with van der Waals surface area (Å²) in [7, 11) is 3.88. The molecule has 2 aromatic rings. The highest BCUT2D eigenvalue weighted by molar-refractivity contribution is 6.01. The van der Waals surface area contributed by atoms with Gasteiger partial charge < -0.3 is 25.6 Å². The number of carbonyl (C=O) groups excluding carboxylic acids is 2. The van der Waals surface area contributed by atoms with Crippen LogP contribution in [0.25, 0.3) is 10.9 Å². The number of nitrogens with one attached hydrogen (secondary N) is 1. The summed E-state index contributed by atoms with van der Waals surface area (Å²) in [6.45, 7) is 3.76. The molecule has 1 aromatic carbocycles. The first-order chi connectivity index (χ1) is 13.8. The molecule has 3 rings (SSSR count). The molecular weight excluding hydrogens is 372 g/mol. The number of rotatable bonds is 6. The van der Waals surface area contributed by atoms with E-state index in [2.05, 4.69) is 20.2 Å². The average Bonchev–Trinajstić information content (AvgIpc) is 3.08. The lowest BCUT2D eigenvalue weighted by Crippen LogP contribution is -2.27. The molecule has 2 heterocycles. The molecule has 29 heavy (non-hydrogen) atoms. The van der Waals surface area contributed by atoms with E-state index in [1.165, 1.54) is 6.08 Å². The third kappa shape index (κ3) is 5.41. The minimum atomic E-state index is -0.763. The number of aromatic nitrogens is 2. The van der Waals surface area contributed by atoms with Gasteiger partial charge in [0, 0.05) is 36.7 Å². The summed E-state index contributed by atoms with van der Waals surface area (Å²) in [4.78, 5) is 36.2. The van der Waals surface area contributed by atoms with Crippen molar-refractivity contribution >= 4 is 34.4 Å². The highest BCUT2D eigenvalue weighted by atomic mass is 16.6. The molecule has 0 saturated carbocycles. The first kappa shape index (κ1) is 20.5. The number of hydrogen-bond donors (Lipinski definition) is 2. The molecule has 1 aliphatic rings. The fourth-order valence-corrected chi connectivity index (χ4v) is 3.28. The summed E-state index contributed by atoms with van der Waals surface area (Å²) in [6.07, 6.45) is 3.01. The molecule has 0 aliphatic carbocycles. The number of amides is 2. The first-order valence-electron chi connectivity index (χ1n) is 9.43. The molecule has 1 unspecified atom stereocenters. The van der Waals surface area contributed by atoms with Crippen LogP contribution in [0.5, 0.6) is 0 Å². The van der Waals surface area contributed by atoms with E-state index >= 15 is 0 Å². The van der Waals surface area contributed by atoms with E-state index in [-0.39, 0.29) is 12.0 Å². The van der Waals surface area contributed by atoms with Gasteiger partial charge in [-0.25, -0.2) is 14.8 Å². The van der Waals surface area contributed by atoms with E-state index in [0.29, 0.717) is 37.6 Å². The Morgan fingerprint density at radius 2 is 2.17 bits per heavy atom. The first-order valence-corrected chi connectivity index (χ1v) is 9.43. The summed E-state index contributed by atoms with van der Waals surface area (Å²) in [6, 6.07) is 5.56. The minimum absolute atomic E-state index is 0.191. The second-order valence-corrected chi connectivity index (χ2v) is 7.27. The lowest BCUT2D eigenvalue weighted by Gasteiger charge is -2.20. The maximum Gasteiger partial charge on any atom is 0.404 e. The molecule has 9 nitrogen and oxygen atoms in total. The number of anilines is 2. The monoisotopic (exact) mass is 398 g/mol. The third-order valence-electron chi connectivity index (χ3n) is 4.52. The SMILES string of the molecule is Cc1nc(N2CCC(OC(N)=O)C2)c2ccc(NC(=O)C=CCN(C)C)cc2n1. The van der Waals surface area contributed by atoms with Gasteiger partial charge in [-0.05, 0) is 39.2 Å². The Balaban J connectivity index is 1.79. The molecule has 1 atom stereocenters. The number of likely N-dealkylation sites (N-methyl/N-ethyl adjacent to an activating group) is 1. The summed E-state index contributed by atoms with van der Waals surface area (Å²) in [5.41, 5.74) is 6.53. The fourth-order valence-electron chi connectivity index (χ4n) is 3.28. The number of nitrogens with zero attached hydrogens (tertiary/aromatic N) is 4. The van der Waals surface area contributed by atoms with Gasteiger partial charge in [0.1, 0.15) is 17.7 Å².